The first-order valence-electron chi connectivity index (χ1n) is 9.11. The summed E-state index contributed by atoms with van der Waals surface area (Å²) in [6.45, 7) is 5.31. The number of hydrogen-bond donors (Lipinski definition) is 1. The quantitative estimate of drug-likeness (QED) is 0.357. The van der Waals surface area contributed by atoms with Gasteiger partial charge in [0.1, 0.15) is 6.10 Å². The van der Waals surface area contributed by atoms with Gasteiger partial charge >= 0.3 is 5.97 Å². The van der Waals surface area contributed by atoms with Crippen LogP contribution in [0.3, 0.4) is 0 Å². The molecule has 1 saturated heterocycles. The predicted octanol–water partition coefficient (Wildman–Crippen LogP) is 2.56. The van der Waals surface area contributed by atoms with E-state index in [4.69, 9.17) is 18.9 Å². The number of ether oxygens (including phenoxy) is 5. The molecule has 7 nitrogen and oxygen atoms in total. The summed E-state index contributed by atoms with van der Waals surface area (Å²) in [6.07, 6.45) is 6.27. The van der Waals surface area contributed by atoms with Crippen molar-refractivity contribution in [1.29, 1.82) is 0 Å². The molecule has 5 atom stereocenters. The molecule has 1 aliphatic heterocycles. The van der Waals surface area contributed by atoms with Crippen molar-refractivity contribution in [2.75, 3.05) is 21.3 Å². The lowest BCUT2D eigenvalue weighted by Gasteiger charge is -2.51. The van der Waals surface area contributed by atoms with Crippen LogP contribution in [0.15, 0.2) is 12.2 Å². The molecule has 0 aromatic rings. The Morgan fingerprint density at radius 3 is 2.27 bits per heavy atom. The Morgan fingerprint density at radius 1 is 1.12 bits per heavy atom. The maximum atomic E-state index is 11.5. The van der Waals surface area contributed by atoms with Crippen LogP contribution >= 0.6 is 0 Å². The minimum absolute atomic E-state index is 0.279. The maximum Gasteiger partial charge on any atom is 0.330 e. The number of carbonyl (C=O) groups excluding carboxylic acids is 1. The first-order chi connectivity index (χ1) is 12.2. The van der Waals surface area contributed by atoms with E-state index in [0.717, 1.165) is 32.1 Å². The van der Waals surface area contributed by atoms with Gasteiger partial charge in [0.2, 0.25) is 11.6 Å². The molecule has 7 heteroatoms. The summed E-state index contributed by atoms with van der Waals surface area (Å²) >= 11 is 0. The van der Waals surface area contributed by atoms with E-state index in [-0.39, 0.29) is 12.2 Å². The highest BCUT2D eigenvalue weighted by atomic mass is 16.8. The average Bonchev–Trinajstić information content (AvgIpc) is 2.62. The average molecular weight is 374 g/mol. The molecule has 0 amide bonds. The first kappa shape index (κ1) is 23.0. The highest BCUT2D eigenvalue weighted by Gasteiger charge is 2.55. The molecule has 0 unspecified atom stereocenters. The minimum Gasteiger partial charge on any atom is -0.466 e. The first-order valence-corrected chi connectivity index (χ1v) is 9.11. The Hall–Kier alpha value is -0.990. The fraction of sp³-hybridized carbons (Fsp3) is 0.842. The lowest BCUT2D eigenvalue weighted by Crippen LogP contribution is -2.64. The second-order valence-electron chi connectivity index (χ2n) is 6.91. The molecule has 0 radical (unpaired) electrons. The molecule has 1 aliphatic rings. The van der Waals surface area contributed by atoms with Gasteiger partial charge < -0.3 is 28.8 Å². The number of methoxy groups -OCH3 is 3. The van der Waals surface area contributed by atoms with Crippen molar-refractivity contribution in [3.8, 4) is 0 Å². The monoisotopic (exact) mass is 374 g/mol. The van der Waals surface area contributed by atoms with Gasteiger partial charge in [-0.15, -0.1) is 0 Å². The number of unbranched alkanes of at least 4 members (excludes halogenated alkanes) is 2. The lowest BCUT2D eigenvalue weighted by atomic mass is 9.98. The van der Waals surface area contributed by atoms with Crippen LogP contribution in [0.1, 0.15) is 52.9 Å². The van der Waals surface area contributed by atoms with Gasteiger partial charge in [-0.1, -0.05) is 19.3 Å². The van der Waals surface area contributed by atoms with Crippen molar-refractivity contribution in [2.24, 2.45) is 0 Å². The van der Waals surface area contributed by atoms with E-state index < -0.39 is 23.6 Å². The van der Waals surface area contributed by atoms with Crippen LogP contribution in [0.2, 0.25) is 0 Å². The van der Waals surface area contributed by atoms with Gasteiger partial charge in [0.25, 0.3) is 0 Å². The molecule has 0 aromatic carbocycles. The van der Waals surface area contributed by atoms with Crippen molar-refractivity contribution in [2.45, 2.75) is 82.8 Å². The van der Waals surface area contributed by atoms with Gasteiger partial charge in [-0.05, 0) is 39.7 Å². The third-order valence-electron chi connectivity index (χ3n) is 4.94. The van der Waals surface area contributed by atoms with Crippen molar-refractivity contribution >= 4 is 5.97 Å². The molecule has 26 heavy (non-hydrogen) atoms. The molecule has 0 saturated carbocycles. The topological polar surface area (TPSA) is 83.5 Å². The Bertz CT molecular complexity index is 465. The Balaban J connectivity index is 2.83. The number of aliphatic hydroxyl groups is 1. The Labute approximate surface area is 156 Å². The zero-order valence-electron chi connectivity index (χ0n) is 16.8. The summed E-state index contributed by atoms with van der Waals surface area (Å²) in [4.78, 5) is 11.5. The van der Waals surface area contributed by atoms with Gasteiger partial charge in [0, 0.05) is 20.3 Å². The number of esters is 1. The van der Waals surface area contributed by atoms with Gasteiger partial charge in [0.15, 0.2) is 0 Å². The largest absolute Gasteiger partial charge is 0.466 e. The van der Waals surface area contributed by atoms with E-state index in [2.05, 4.69) is 4.74 Å². The van der Waals surface area contributed by atoms with Crippen LogP contribution in [-0.4, -0.2) is 62.3 Å². The van der Waals surface area contributed by atoms with E-state index in [1.54, 1.807) is 34.0 Å². The van der Waals surface area contributed by atoms with Crippen LogP contribution in [0.25, 0.3) is 0 Å². The summed E-state index contributed by atoms with van der Waals surface area (Å²) in [5.74, 6) is -2.67. The third-order valence-corrected chi connectivity index (χ3v) is 4.94. The molecular formula is C19H34O7. The molecule has 1 N–H and O–H groups in total. The van der Waals surface area contributed by atoms with Gasteiger partial charge in [-0.2, -0.15) is 0 Å². The lowest BCUT2D eigenvalue weighted by molar-refractivity contribution is -0.442. The van der Waals surface area contributed by atoms with Gasteiger partial charge in [-0.3, -0.25) is 0 Å². The van der Waals surface area contributed by atoms with Crippen LogP contribution in [-0.2, 0) is 28.5 Å². The summed E-state index contributed by atoms with van der Waals surface area (Å²) in [5, 5.41) is 9.35. The second kappa shape index (κ2) is 10.4. The van der Waals surface area contributed by atoms with Crippen molar-refractivity contribution < 1.29 is 33.6 Å². The number of rotatable bonds is 10. The fourth-order valence-electron chi connectivity index (χ4n) is 2.96. The molecule has 0 bridgehead atoms. The number of aliphatic hydroxyl groups excluding tert-OH is 1. The molecule has 0 aromatic heterocycles. The van der Waals surface area contributed by atoms with Gasteiger partial charge in [-0.25, -0.2) is 4.79 Å². The molecule has 0 aliphatic carbocycles. The SMILES string of the molecule is COC(=O)/C=C/[C@@H]1O[C@@](C)(OC)[C@](C)(OC)O[C@H]1CCCCC[C@@H](C)O. The summed E-state index contributed by atoms with van der Waals surface area (Å²) < 4.78 is 28.1. The zero-order chi connectivity index (χ0) is 19.8. The molecular weight excluding hydrogens is 340 g/mol. The van der Waals surface area contributed by atoms with Gasteiger partial charge in [0.05, 0.1) is 19.3 Å². The van der Waals surface area contributed by atoms with Crippen LogP contribution in [0.4, 0.5) is 0 Å². The predicted molar refractivity (Wildman–Crippen MR) is 96.5 cm³/mol. The highest BCUT2D eigenvalue weighted by Crippen LogP contribution is 2.40. The number of carbonyl (C=O) groups is 1. The van der Waals surface area contributed by atoms with E-state index >= 15 is 0 Å². The van der Waals surface area contributed by atoms with Crippen LogP contribution in [0.5, 0.6) is 0 Å². The van der Waals surface area contributed by atoms with E-state index in [9.17, 15) is 9.90 Å². The van der Waals surface area contributed by atoms with E-state index in [1.165, 1.54) is 20.3 Å². The smallest absolute Gasteiger partial charge is 0.330 e. The number of hydrogen-bond acceptors (Lipinski definition) is 7. The fourth-order valence-corrected chi connectivity index (χ4v) is 2.96. The van der Waals surface area contributed by atoms with Crippen LogP contribution in [0, 0.1) is 0 Å². The third kappa shape index (κ3) is 6.03. The molecule has 0 spiro atoms. The molecule has 1 fully saturated rings. The Kier molecular flexibility index (Phi) is 9.19. The summed E-state index contributed by atoms with van der Waals surface area (Å²) in [7, 11) is 4.40. The van der Waals surface area contributed by atoms with E-state index in [0.29, 0.717) is 0 Å². The highest BCUT2D eigenvalue weighted by molar-refractivity contribution is 5.81. The van der Waals surface area contributed by atoms with Crippen molar-refractivity contribution in [3.05, 3.63) is 12.2 Å². The van der Waals surface area contributed by atoms with Crippen molar-refractivity contribution in [3.63, 3.8) is 0 Å². The van der Waals surface area contributed by atoms with Crippen molar-refractivity contribution in [1.82, 2.24) is 0 Å². The summed E-state index contributed by atoms with van der Waals surface area (Å²) in [6, 6.07) is 0. The molecule has 1 rings (SSSR count). The standard InChI is InChI=1S/C19H34O7/c1-14(20)10-8-7-9-11-15-16(12-13-17(21)22-4)26-19(3,24-6)18(2,23-5)25-15/h12-16,20H,7-11H2,1-6H3/b13-12+/t14-,15+,16+,18-,19-/m1/s1. The summed E-state index contributed by atoms with van der Waals surface area (Å²) in [5.41, 5.74) is 0. The second-order valence-corrected chi connectivity index (χ2v) is 6.91. The molecule has 1 heterocycles. The normalized spacial score (nSPS) is 33.3. The minimum atomic E-state index is -1.13. The van der Waals surface area contributed by atoms with Crippen LogP contribution < -0.4 is 0 Å². The molecule has 152 valence electrons. The zero-order valence-corrected chi connectivity index (χ0v) is 16.8. The Morgan fingerprint density at radius 2 is 1.73 bits per heavy atom. The maximum absolute atomic E-state index is 11.5. The van der Waals surface area contributed by atoms with E-state index in [1.807, 2.05) is 0 Å².